The van der Waals surface area contributed by atoms with Gasteiger partial charge < -0.3 is 4.74 Å². The van der Waals surface area contributed by atoms with Gasteiger partial charge in [-0.3, -0.25) is 4.79 Å². The van der Waals surface area contributed by atoms with Crippen LogP contribution < -0.4 is 4.74 Å². The predicted molar refractivity (Wildman–Crippen MR) is 54.7 cm³/mol. The van der Waals surface area contributed by atoms with Crippen molar-refractivity contribution in [3.8, 4) is 5.75 Å². The molecule has 2 heteroatoms. The number of carbonyl (C=O) groups excluding carboxylic acids is 1. The maximum Gasteiger partial charge on any atom is 0.144 e. The van der Waals surface area contributed by atoms with Gasteiger partial charge in [0.15, 0.2) is 0 Å². The van der Waals surface area contributed by atoms with E-state index in [9.17, 15) is 4.79 Å². The van der Waals surface area contributed by atoms with Gasteiger partial charge in [-0.15, -0.1) is 0 Å². The van der Waals surface area contributed by atoms with E-state index in [0.29, 0.717) is 12.2 Å². The quantitative estimate of drug-likeness (QED) is 0.715. The number of ketones is 1. The molecule has 0 fully saturated rings. The number of ether oxygens (including phenoxy) is 1. The van der Waals surface area contributed by atoms with Gasteiger partial charge in [-0.1, -0.05) is 13.0 Å². The van der Waals surface area contributed by atoms with Crippen LogP contribution in [0, 0.1) is 0 Å². The lowest BCUT2D eigenvalue weighted by Gasteiger charge is -2.07. The topological polar surface area (TPSA) is 26.3 Å². The van der Waals surface area contributed by atoms with E-state index < -0.39 is 0 Å². The molecular weight excluding hydrogens is 176 g/mol. The van der Waals surface area contributed by atoms with Gasteiger partial charge >= 0.3 is 0 Å². The van der Waals surface area contributed by atoms with Gasteiger partial charge in [-0.2, -0.15) is 0 Å². The molecule has 0 spiro atoms. The minimum absolute atomic E-state index is 0.121. The molecule has 0 aromatic heterocycles. The van der Waals surface area contributed by atoms with E-state index >= 15 is 0 Å². The second-order valence-electron chi connectivity index (χ2n) is 3.67. The molecule has 0 aliphatic heterocycles. The van der Waals surface area contributed by atoms with Crippen LogP contribution in [-0.2, 0) is 11.2 Å². The van der Waals surface area contributed by atoms with Crippen LogP contribution >= 0.6 is 0 Å². The summed E-state index contributed by atoms with van der Waals surface area (Å²) in [5.41, 5.74) is 2.33. The van der Waals surface area contributed by atoms with Gasteiger partial charge in [-0.25, -0.2) is 0 Å². The Morgan fingerprint density at radius 2 is 2.29 bits per heavy atom. The zero-order valence-electron chi connectivity index (χ0n) is 8.54. The predicted octanol–water partition coefficient (Wildman–Crippen LogP) is 2.31. The highest BCUT2D eigenvalue weighted by Gasteiger charge is 2.28. The molecule has 1 aromatic carbocycles. The third-order valence-electron chi connectivity index (χ3n) is 2.89. The molecule has 0 saturated heterocycles. The van der Waals surface area contributed by atoms with Crippen LogP contribution in [0.15, 0.2) is 18.2 Å². The molecule has 0 radical (unpaired) electrons. The van der Waals surface area contributed by atoms with Gasteiger partial charge in [0.25, 0.3) is 0 Å². The minimum Gasteiger partial charge on any atom is -0.497 e. The molecule has 0 amide bonds. The van der Waals surface area contributed by atoms with Crippen molar-refractivity contribution in [2.24, 2.45) is 0 Å². The van der Waals surface area contributed by atoms with Crippen molar-refractivity contribution >= 4 is 5.78 Å². The van der Waals surface area contributed by atoms with Gasteiger partial charge in [0.2, 0.25) is 0 Å². The second-order valence-corrected chi connectivity index (χ2v) is 3.67. The fraction of sp³-hybridized carbons (Fsp3) is 0.417. The largest absolute Gasteiger partial charge is 0.497 e. The Kier molecular flexibility index (Phi) is 2.28. The van der Waals surface area contributed by atoms with E-state index in [4.69, 9.17) is 4.74 Å². The van der Waals surface area contributed by atoms with Crippen LogP contribution in [-0.4, -0.2) is 12.9 Å². The fourth-order valence-corrected chi connectivity index (χ4v) is 2.13. The average molecular weight is 190 g/mol. The lowest BCUT2D eigenvalue weighted by atomic mass is 9.98. The van der Waals surface area contributed by atoms with E-state index in [2.05, 4.69) is 6.92 Å². The van der Waals surface area contributed by atoms with E-state index in [0.717, 1.165) is 17.7 Å². The van der Waals surface area contributed by atoms with Crippen molar-refractivity contribution in [2.75, 3.05) is 7.11 Å². The molecule has 1 aromatic rings. The standard InChI is InChI=1S/C12H14O2/c1-3-10-11-5-4-9(14-2)6-8(11)7-12(10)13/h4-6,10H,3,7H2,1-2H3. The van der Waals surface area contributed by atoms with Gasteiger partial charge in [-0.05, 0) is 29.7 Å². The molecule has 1 atom stereocenters. The number of benzene rings is 1. The molecule has 1 aliphatic rings. The van der Waals surface area contributed by atoms with Gasteiger partial charge in [0.1, 0.15) is 11.5 Å². The number of hydrogen-bond donors (Lipinski definition) is 0. The molecule has 0 bridgehead atoms. The van der Waals surface area contributed by atoms with Crippen molar-refractivity contribution in [3.63, 3.8) is 0 Å². The smallest absolute Gasteiger partial charge is 0.144 e. The molecule has 0 saturated carbocycles. The number of hydrogen-bond acceptors (Lipinski definition) is 2. The average Bonchev–Trinajstić information content (AvgIpc) is 2.51. The SMILES string of the molecule is CCC1C(=O)Cc2cc(OC)ccc21. The maximum absolute atomic E-state index is 11.6. The Bertz CT molecular complexity index is 369. The zero-order chi connectivity index (χ0) is 10.1. The number of Topliss-reactive ketones (excluding diaryl/α,β-unsaturated/α-hetero) is 1. The zero-order valence-corrected chi connectivity index (χ0v) is 8.54. The van der Waals surface area contributed by atoms with Gasteiger partial charge in [0, 0.05) is 12.3 Å². The molecule has 0 N–H and O–H groups in total. The highest BCUT2D eigenvalue weighted by atomic mass is 16.5. The van der Waals surface area contributed by atoms with Crippen LogP contribution in [0.25, 0.3) is 0 Å². The van der Waals surface area contributed by atoms with Crippen molar-refractivity contribution < 1.29 is 9.53 Å². The Morgan fingerprint density at radius 1 is 1.50 bits per heavy atom. The molecule has 74 valence electrons. The summed E-state index contributed by atoms with van der Waals surface area (Å²) in [6.07, 6.45) is 1.48. The first-order chi connectivity index (χ1) is 6.76. The molecule has 1 aliphatic carbocycles. The van der Waals surface area contributed by atoms with E-state index in [1.165, 1.54) is 5.56 Å². The van der Waals surface area contributed by atoms with Crippen molar-refractivity contribution in [2.45, 2.75) is 25.7 Å². The summed E-state index contributed by atoms with van der Waals surface area (Å²) in [7, 11) is 1.65. The monoisotopic (exact) mass is 190 g/mol. The summed E-state index contributed by atoms with van der Waals surface area (Å²) < 4.78 is 5.13. The van der Waals surface area contributed by atoms with Crippen LogP contribution in [0.1, 0.15) is 30.4 Å². The Labute approximate surface area is 83.9 Å². The summed E-state index contributed by atoms with van der Waals surface area (Å²) in [5, 5.41) is 0. The molecule has 2 nitrogen and oxygen atoms in total. The number of methoxy groups -OCH3 is 1. The fourth-order valence-electron chi connectivity index (χ4n) is 2.13. The van der Waals surface area contributed by atoms with Crippen LogP contribution in [0.2, 0.25) is 0 Å². The second kappa shape index (κ2) is 3.45. The van der Waals surface area contributed by atoms with E-state index in [-0.39, 0.29) is 5.92 Å². The third kappa shape index (κ3) is 1.31. The summed E-state index contributed by atoms with van der Waals surface area (Å²) in [4.78, 5) is 11.6. The summed E-state index contributed by atoms with van der Waals surface area (Å²) in [5.74, 6) is 1.31. The highest BCUT2D eigenvalue weighted by Crippen LogP contribution is 2.34. The molecular formula is C12H14O2. The number of fused-ring (bicyclic) bond motifs is 1. The third-order valence-corrected chi connectivity index (χ3v) is 2.89. The Balaban J connectivity index is 2.42. The highest BCUT2D eigenvalue weighted by molar-refractivity contribution is 5.92. The normalized spacial score (nSPS) is 19.6. The molecule has 1 unspecified atom stereocenters. The van der Waals surface area contributed by atoms with Crippen molar-refractivity contribution in [3.05, 3.63) is 29.3 Å². The van der Waals surface area contributed by atoms with Gasteiger partial charge in [0.05, 0.1) is 7.11 Å². The van der Waals surface area contributed by atoms with Crippen LogP contribution in [0.5, 0.6) is 5.75 Å². The van der Waals surface area contributed by atoms with Crippen molar-refractivity contribution in [1.82, 2.24) is 0 Å². The lowest BCUT2D eigenvalue weighted by molar-refractivity contribution is -0.119. The first-order valence-electron chi connectivity index (χ1n) is 4.95. The lowest BCUT2D eigenvalue weighted by Crippen LogP contribution is -2.03. The first kappa shape index (κ1) is 9.25. The Morgan fingerprint density at radius 3 is 2.93 bits per heavy atom. The number of rotatable bonds is 2. The van der Waals surface area contributed by atoms with Crippen molar-refractivity contribution in [1.29, 1.82) is 0 Å². The molecule has 0 heterocycles. The minimum atomic E-state index is 0.121. The maximum atomic E-state index is 11.6. The summed E-state index contributed by atoms with van der Waals surface area (Å²) >= 11 is 0. The first-order valence-corrected chi connectivity index (χ1v) is 4.95. The van der Waals surface area contributed by atoms with Crippen LogP contribution in [0.3, 0.4) is 0 Å². The van der Waals surface area contributed by atoms with E-state index in [1.807, 2.05) is 18.2 Å². The number of carbonyl (C=O) groups is 1. The van der Waals surface area contributed by atoms with E-state index in [1.54, 1.807) is 7.11 Å². The molecule has 14 heavy (non-hydrogen) atoms. The Hall–Kier alpha value is -1.31. The summed E-state index contributed by atoms with van der Waals surface area (Å²) in [6.45, 7) is 2.06. The summed E-state index contributed by atoms with van der Waals surface area (Å²) in [6, 6.07) is 5.93. The van der Waals surface area contributed by atoms with Crippen LogP contribution in [0.4, 0.5) is 0 Å². The molecule has 2 rings (SSSR count).